The summed E-state index contributed by atoms with van der Waals surface area (Å²) < 4.78 is 5.70. The molecule has 0 unspecified atom stereocenters. The smallest absolute Gasteiger partial charge is 0.252 e. The zero-order valence-corrected chi connectivity index (χ0v) is 11.3. The number of unbranched alkanes of at least 4 members (excludes halogenated alkanes) is 1. The second-order valence-electron chi connectivity index (χ2n) is 4.54. The first-order valence-electron chi connectivity index (χ1n) is 6.79. The number of aromatic nitrogens is 3. The van der Waals surface area contributed by atoms with Crippen LogP contribution in [0.4, 0.5) is 5.82 Å². The lowest BCUT2D eigenvalue weighted by atomic mass is 10.2. The lowest BCUT2D eigenvalue weighted by molar-refractivity contribution is 0.607. The van der Waals surface area contributed by atoms with Crippen molar-refractivity contribution in [3.63, 3.8) is 0 Å². The van der Waals surface area contributed by atoms with Gasteiger partial charge in [0, 0.05) is 12.1 Å². The minimum absolute atomic E-state index is 0.512. The molecule has 3 rings (SSSR count). The van der Waals surface area contributed by atoms with Crippen molar-refractivity contribution < 1.29 is 4.42 Å². The van der Waals surface area contributed by atoms with Gasteiger partial charge in [-0.2, -0.15) is 4.98 Å². The zero-order valence-electron chi connectivity index (χ0n) is 11.3. The van der Waals surface area contributed by atoms with Crippen LogP contribution in [0.1, 0.15) is 19.8 Å². The predicted octanol–water partition coefficient (Wildman–Crippen LogP) is 3.50. The molecule has 0 aliphatic rings. The molecule has 3 aromatic rings. The number of nitrogens with zero attached hydrogens (tertiary/aromatic N) is 3. The van der Waals surface area contributed by atoms with Gasteiger partial charge in [0.15, 0.2) is 11.3 Å². The SMILES string of the molecule is CCCCNc1ncnc2oc(-c3ccccc3)nc12. The first kappa shape index (κ1) is 12.6. The Balaban J connectivity index is 1.96. The van der Waals surface area contributed by atoms with Crippen LogP contribution in [0.2, 0.25) is 0 Å². The van der Waals surface area contributed by atoms with Crippen molar-refractivity contribution in [1.82, 2.24) is 15.0 Å². The molecule has 0 saturated carbocycles. The van der Waals surface area contributed by atoms with E-state index in [9.17, 15) is 0 Å². The summed E-state index contributed by atoms with van der Waals surface area (Å²) in [6, 6.07) is 9.79. The van der Waals surface area contributed by atoms with Crippen LogP contribution >= 0.6 is 0 Å². The van der Waals surface area contributed by atoms with Gasteiger partial charge in [0.1, 0.15) is 6.33 Å². The first-order valence-corrected chi connectivity index (χ1v) is 6.79. The zero-order chi connectivity index (χ0) is 13.8. The van der Waals surface area contributed by atoms with E-state index in [1.807, 2.05) is 30.3 Å². The molecular formula is C15H16N4O. The maximum absolute atomic E-state index is 5.70. The van der Waals surface area contributed by atoms with E-state index in [0.717, 1.165) is 30.8 Å². The van der Waals surface area contributed by atoms with Crippen LogP contribution in [0.25, 0.3) is 22.7 Å². The summed E-state index contributed by atoms with van der Waals surface area (Å²) in [5.74, 6) is 1.30. The van der Waals surface area contributed by atoms with Crippen LogP contribution in [0, 0.1) is 0 Å². The molecule has 0 fully saturated rings. The third-order valence-corrected chi connectivity index (χ3v) is 3.04. The average molecular weight is 268 g/mol. The van der Waals surface area contributed by atoms with Gasteiger partial charge in [0.2, 0.25) is 5.89 Å². The van der Waals surface area contributed by atoms with Crippen LogP contribution in [-0.4, -0.2) is 21.5 Å². The molecule has 0 radical (unpaired) electrons. The van der Waals surface area contributed by atoms with Gasteiger partial charge in [0.25, 0.3) is 5.71 Å². The fourth-order valence-electron chi connectivity index (χ4n) is 1.97. The molecule has 0 atom stereocenters. The van der Waals surface area contributed by atoms with Crippen LogP contribution in [0.3, 0.4) is 0 Å². The van der Waals surface area contributed by atoms with Gasteiger partial charge >= 0.3 is 0 Å². The van der Waals surface area contributed by atoms with E-state index in [0.29, 0.717) is 17.1 Å². The molecule has 0 bridgehead atoms. The van der Waals surface area contributed by atoms with Gasteiger partial charge in [-0.3, -0.25) is 0 Å². The fraction of sp³-hybridized carbons (Fsp3) is 0.267. The molecule has 20 heavy (non-hydrogen) atoms. The number of hydrogen-bond acceptors (Lipinski definition) is 5. The lowest BCUT2D eigenvalue weighted by Crippen LogP contribution is -2.03. The minimum atomic E-state index is 0.512. The highest BCUT2D eigenvalue weighted by molar-refractivity contribution is 5.83. The van der Waals surface area contributed by atoms with E-state index in [4.69, 9.17) is 4.42 Å². The highest BCUT2D eigenvalue weighted by Crippen LogP contribution is 2.25. The maximum atomic E-state index is 5.70. The Hall–Kier alpha value is -2.43. The Labute approximate surface area is 117 Å². The second kappa shape index (κ2) is 5.69. The van der Waals surface area contributed by atoms with Gasteiger partial charge < -0.3 is 9.73 Å². The van der Waals surface area contributed by atoms with Gasteiger partial charge in [-0.15, -0.1) is 0 Å². The van der Waals surface area contributed by atoms with Crippen LogP contribution in [-0.2, 0) is 0 Å². The Morgan fingerprint density at radius 3 is 2.80 bits per heavy atom. The van der Waals surface area contributed by atoms with E-state index in [-0.39, 0.29) is 0 Å². The molecule has 2 heterocycles. The third kappa shape index (κ3) is 2.47. The Bertz CT molecular complexity index is 693. The summed E-state index contributed by atoms with van der Waals surface area (Å²) in [7, 11) is 0. The number of anilines is 1. The Kier molecular flexibility index (Phi) is 3.58. The molecule has 5 heteroatoms. The second-order valence-corrected chi connectivity index (χ2v) is 4.54. The van der Waals surface area contributed by atoms with Crippen LogP contribution in [0.15, 0.2) is 41.1 Å². The van der Waals surface area contributed by atoms with Crippen molar-refractivity contribution in [2.75, 3.05) is 11.9 Å². The first-order chi connectivity index (χ1) is 9.88. The minimum Gasteiger partial charge on any atom is -0.417 e. The summed E-state index contributed by atoms with van der Waals surface area (Å²) in [5.41, 5.74) is 2.13. The molecular weight excluding hydrogens is 252 g/mol. The van der Waals surface area contributed by atoms with Crippen molar-refractivity contribution in [2.24, 2.45) is 0 Å². The molecule has 102 valence electrons. The quantitative estimate of drug-likeness (QED) is 0.717. The number of benzene rings is 1. The van der Waals surface area contributed by atoms with Crippen molar-refractivity contribution in [2.45, 2.75) is 19.8 Å². The third-order valence-electron chi connectivity index (χ3n) is 3.04. The Morgan fingerprint density at radius 2 is 2.00 bits per heavy atom. The van der Waals surface area contributed by atoms with Gasteiger partial charge in [-0.25, -0.2) is 9.97 Å². The monoisotopic (exact) mass is 268 g/mol. The number of oxazole rings is 1. The highest BCUT2D eigenvalue weighted by Gasteiger charge is 2.13. The van der Waals surface area contributed by atoms with Gasteiger partial charge in [0.05, 0.1) is 0 Å². The van der Waals surface area contributed by atoms with Gasteiger partial charge in [-0.1, -0.05) is 31.5 Å². The summed E-state index contributed by atoms with van der Waals surface area (Å²) >= 11 is 0. The molecule has 0 spiro atoms. The molecule has 0 amide bonds. The molecule has 0 aliphatic carbocycles. The fourth-order valence-corrected chi connectivity index (χ4v) is 1.97. The number of nitrogens with one attached hydrogen (secondary N) is 1. The number of fused-ring (bicyclic) bond motifs is 1. The molecule has 2 aromatic heterocycles. The van der Waals surface area contributed by atoms with Crippen LogP contribution < -0.4 is 5.32 Å². The molecule has 0 saturated heterocycles. The van der Waals surface area contributed by atoms with E-state index in [1.165, 1.54) is 6.33 Å². The standard InChI is InChI=1S/C15H16N4O/c1-2-3-9-16-13-12-15(18-10-17-13)20-14(19-12)11-7-5-4-6-8-11/h4-8,10H,2-3,9H2,1H3,(H,16,17,18). The van der Waals surface area contributed by atoms with Crippen molar-refractivity contribution in [3.05, 3.63) is 36.7 Å². The average Bonchev–Trinajstić information content (AvgIpc) is 2.93. The molecule has 1 aromatic carbocycles. The van der Waals surface area contributed by atoms with E-state index in [1.54, 1.807) is 0 Å². The summed E-state index contributed by atoms with van der Waals surface area (Å²) in [6.07, 6.45) is 3.72. The van der Waals surface area contributed by atoms with Crippen LogP contribution in [0.5, 0.6) is 0 Å². The normalized spacial score (nSPS) is 10.8. The van der Waals surface area contributed by atoms with E-state index < -0.39 is 0 Å². The number of hydrogen-bond donors (Lipinski definition) is 1. The van der Waals surface area contributed by atoms with E-state index >= 15 is 0 Å². The molecule has 0 aliphatic heterocycles. The highest BCUT2D eigenvalue weighted by atomic mass is 16.4. The van der Waals surface area contributed by atoms with E-state index in [2.05, 4.69) is 27.2 Å². The van der Waals surface area contributed by atoms with Crippen molar-refractivity contribution >= 4 is 17.0 Å². The predicted molar refractivity (Wildman–Crippen MR) is 78.4 cm³/mol. The van der Waals surface area contributed by atoms with Crippen molar-refractivity contribution in [1.29, 1.82) is 0 Å². The topological polar surface area (TPSA) is 63.8 Å². The summed E-state index contributed by atoms with van der Waals surface area (Å²) in [4.78, 5) is 12.9. The molecule has 5 nitrogen and oxygen atoms in total. The number of rotatable bonds is 5. The van der Waals surface area contributed by atoms with Gasteiger partial charge in [-0.05, 0) is 18.6 Å². The largest absolute Gasteiger partial charge is 0.417 e. The summed E-state index contributed by atoms with van der Waals surface area (Å²) in [6.45, 7) is 3.02. The summed E-state index contributed by atoms with van der Waals surface area (Å²) in [5, 5.41) is 3.28. The molecule has 1 N–H and O–H groups in total. The Morgan fingerprint density at radius 1 is 1.15 bits per heavy atom. The van der Waals surface area contributed by atoms with Crippen molar-refractivity contribution in [3.8, 4) is 11.5 Å². The maximum Gasteiger partial charge on any atom is 0.252 e. The lowest BCUT2D eigenvalue weighted by Gasteiger charge is -2.02.